The standard InChI is InChI=1S/C10H11F2NO3/c11-5-10(13,9(15)16)4-6-1-2-8(14)7(12)3-6/h1-3,14H,4-5,13H2,(H,15,16)/i12-1. The Morgan fingerprint density at radius 3 is 2.56 bits per heavy atom. The van der Waals surface area contributed by atoms with Crippen molar-refractivity contribution in [3.8, 4) is 5.75 Å². The summed E-state index contributed by atoms with van der Waals surface area (Å²) in [5, 5.41) is 17.6. The fourth-order valence-electron chi connectivity index (χ4n) is 1.20. The summed E-state index contributed by atoms with van der Waals surface area (Å²) >= 11 is 0. The highest BCUT2D eigenvalue weighted by Crippen LogP contribution is 2.19. The van der Waals surface area contributed by atoms with E-state index in [-0.39, 0.29) is 12.0 Å². The fourth-order valence-corrected chi connectivity index (χ4v) is 1.20. The molecular formula is C10H11F2NO3. The number of aliphatic carboxylic acids is 1. The molecule has 0 spiro atoms. The number of hydrogen-bond acceptors (Lipinski definition) is 3. The number of rotatable bonds is 4. The number of alkyl halides is 1. The molecule has 0 bridgehead atoms. The van der Waals surface area contributed by atoms with Crippen LogP contribution < -0.4 is 5.73 Å². The topological polar surface area (TPSA) is 83.5 Å². The minimum atomic E-state index is -2.07. The molecular weight excluding hydrogens is 219 g/mol. The van der Waals surface area contributed by atoms with Gasteiger partial charge in [0, 0.05) is 6.42 Å². The Hall–Kier alpha value is -1.69. The molecule has 0 aromatic heterocycles. The quantitative estimate of drug-likeness (QED) is 0.715. The third-order valence-electron chi connectivity index (χ3n) is 2.20. The first kappa shape index (κ1) is 12.4. The highest BCUT2D eigenvalue weighted by atomic mass is 19.1. The number of benzene rings is 1. The van der Waals surface area contributed by atoms with E-state index in [4.69, 9.17) is 15.9 Å². The normalized spacial score (nSPS) is 14.4. The lowest BCUT2D eigenvalue weighted by molar-refractivity contribution is -0.143. The predicted octanol–water partition coefficient (Wildman–Crippen LogP) is 0.825. The molecule has 1 aromatic rings. The van der Waals surface area contributed by atoms with Crippen molar-refractivity contribution < 1.29 is 23.8 Å². The van der Waals surface area contributed by atoms with E-state index >= 15 is 0 Å². The van der Waals surface area contributed by atoms with Gasteiger partial charge in [0.15, 0.2) is 11.6 Å². The molecule has 0 radical (unpaired) electrons. The van der Waals surface area contributed by atoms with Crippen LogP contribution in [-0.2, 0) is 11.2 Å². The minimum absolute atomic E-state index is 0.206. The summed E-state index contributed by atoms with van der Waals surface area (Å²) in [4.78, 5) is 10.7. The largest absolute Gasteiger partial charge is 0.505 e. The van der Waals surface area contributed by atoms with Crippen LogP contribution in [0.5, 0.6) is 5.75 Å². The lowest BCUT2D eigenvalue weighted by atomic mass is 9.93. The smallest absolute Gasteiger partial charge is 0.326 e. The number of carboxylic acid groups (broad SMARTS) is 1. The molecule has 6 heteroatoms. The van der Waals surface area contributed by atoms with Gasteiger partial charge in [0.05, 0.1) is 0 Å². The summed E-state index contributed by atoms with van der Waals surface area (Å²) in [6.07, 6.45) is -0.351. The summed E-state index contributed by atoms with van der Waals surface area (Å²) in [6, 6.07) is 3.28. The van der Waals surface area contributed by atoms with Crippen LogP contribution in [0.3, 0.4) is 0 Å². The van der Waals surface area contributed by atoms with Crippen molar-refractivity contribution in [2.45, 2.75) is 12.0 Å². The number of hydrogen-bond donors (Lipinski definition) is 3. The van der Waals surface area contributed by atoms with Crippen molar-refractivity contribution in [3.63, 3.8) is 0 Å². The van der Waals surface area contributed by atoms with Gasteiger partial charge in [-0.1, -0.05) is 6.07 Å². The first-order valence-corrected chi connectivity index (χ1v) is 4.44. The number of carboxylic acids is 1. The average Bonchev–Trinajstić information content (AvgIpc) is 2.23. The number of nitrogens with two attached hydrogens (primary N) is 1. The molecule has 4 nitrogen and oxygen atoms in total. The monoisotopic (exact) mass is 230 g/mol. The first-order valence-electron chi connectivity index (χ1n) is 4.44. The first-order chi connectivity index (χ1) is 7.39. The maximum absolute atomic E-state index is 12.9. The summed E-state index contributed by atoms with van der Waals surface area (Å²) in [5.41, 5.74) is 3.44. The Kier molecular flexibility index (Phi) is 3.44. The summed E-state index contributed by atoms with van der Waals surface area (Å²) < 4.78 is 25.4. The van der Waals surface area contributed by atoms with Crippen LogP contribution in [0.15, 0.2) is 18.2 Å². The van der Waals surface area contributed by atoms with Crippen molar-refractivity contribution in [2.75, 3.05) is 6.67 Å². The lowest BCUT2D eigenvalue weighted by Crippen LogP contribution is -2.52. The number of phenolic OH excluding ortho intramolecular Hbond substituents is 1. The molecule has 1 atom stereocenters. The SMILES string of the molecule is NC(CF)(Cc1ccc(O)c([18F])c1)C(=O)O. The number of aromatic hydroxyl groups is 1. The van der Waals surface area contributed by atoms with Gasteiger partial charge >= 0.3 is 5.97 Å². The lowest BCUT2D eigenvalue weighted by Gasteiger charge is -2.20. The van der Waals surface area contributed by atoms with E-state index in [1.807, 2.05) is 0 Å². The zero-order valence-corrected chi connectivity index (χ0v) is 8.28. The number of carbonyl (C=O) groups is 1. The van der Waals surface area contributed by atoms with E-state index in [9.17, 15) is 13.6 Å². The molecule has 0 aliphatic rings. The van der Waals surface area contributed by atoms with Gasteiger partial charge in [-0.2, -0.15) is 0 Å². The van der Waals surface area contributed by atoms with Gasteiger partial charge < -0.3 is 15.9 Å². The second kappa shape index (κ2) is 4.44. The van der Waals surface area contributed by atoms with Gasteiger partial charge in [0.25, 0.3) is 0 Å². The van der Waals surface area contributed by atoms with Crippen molar-refractivity contribution in [1.29, 1.82) is 0 Å². The molecule has 16 heavy (non-hydrogen) atoms. The van der Waals surface area contributed by atoms with E-state index < -0.39 is 29.7 Å². The Balaban J connectivity index is 2.95. The van der Waals surface area contributed by atoms with E-state index in [1.165, 1.54) is 6.07 Å². The molecule has 0 fully saturated rings. The van der Waals surface area contributed by atoms with Crippen LogP contribution >= 0.6 is 0 Å². The second-order valence-electron chi connectivity index (χ2n) is 3.56. The summed E-state index contributed by atoms with van der Waals surface area (Å²) in [5.74, 6) is -2.95. The number of phenols is 1. The second-order valence-corrected chi connectivity index (χ2v) is 3.56. The van der Waals surface area contributed by atoms with Crippen molar-refractivity contribution in [1.82, 2.24) is 0 Å². The molecule has 0 saturated carbocycles. The molecule has 0 heterocycles. The zero-order valence-electron chi connectivity index (χ0n) is 8.28. The molecule has 0 saturated heterocycles. The Labute approximate surface area is 90.3 Å². The van der Waals surface area contributed by atoms with Crippen LogP contribution in [0.4, 0.5) is 8.78 Å². The van der Waals surface area contributed by atoms with Gasteiger partial charge in [0.1, 0.15) is 12.2 Å². The van der Waals surface area contributed by atoms with Crippen molar-refractivity contribution in [2.24, 2.45) is 5.73 Å². The summed E-state index contributed by atoms with van der Waals surface area (Å²) in [6.45, 7) is -1.26. The van der Waals surface area contributed by atoms with Gasteiger partial charge in [-0.05, 0) is 17.7 Å². The molecule has 0 aliphatic heterocycles. The molecule has 1 unspecified atom stereocenters. The van der Waals surface area contributed by atoms with Gasteiger partial charge in [-0.3, -0.25) is 4.79 Å². The fraction of sp³-hybridized carbons (Fsp3) is 0.300. The predicted molar refractivity (Wildman–Crippen MR) is 52.3 cm³/mol. The van der Waals surface area contributed by atoms with E-state index in [0.29, 0.717) is 0 Å². The Morgan fingerprint density at radius 1 is 1.50 bits per heavy atom. The molecule has 0 amide bonds. The van der Waals surface area contributed by atoms with Crippen LogP contribution in [0.2, 0.25) is 0 Å². The maximum atomic E-state index is 12.9. The van der Waals surface area contributed by atoms with Crippen molar-refractivity contribution >= 4 is 5.97 Å². The number of halogens is 2. The van der Waals surface area contributed by atoms with Crippen LogP contribution in [0, 0.1) is 5.82 Å². The Morgan fingerprint density at radius 2 is 2.12 bits per heavy atom. The molecule has 88 valence electrons. The minimum Gasteiger partial charge on any atom is -0.505 e. The van der Waals surface area contributed by atoms with Gasteiger partial charge in [0.2, 0.25) is 0 Å². The van der Waals surface area contributed by atoms with Crippen molar-refractivity contribution in [3.05, 3.63) is 29.6 Å². The average molecular weight is 230 g/mol. The van der Waals surface area contributed by atoms with E-state index in [0.717, 1.165) is 12.1 Å². The maximum Gasteiger partial charge on any atom is 0.326 e. The third-order valence-corrected chi connectivity index (χ3v) is 2.20. The molecule has 1 aromatic carbocycles. The van der Waals surface area contributed by atoms with E-state index in [1.54, 1.807) is 0 Å². The Bertz CT molecular complexity index is 411. The van der Waals surface area contributed by atoms with Gasteiger partial charge in [-0.25, -0.2) is 8.78 Å². The molecule has 4 N–H and O–H groups in total. The third kappa shape index (κ3) is 2.46. The van der Waals surface area contributed by atoms with Crippen LogP contribution in [-0.4, -0.2) is 28.4 Å². The van der Waals surface area contributed by atoms with Crippen LogP contribution in [0.25, 0.3) is 0 Å². The highest BCUT2D eigenvalue weighted by molar-refractivity contribution is 5.79. The van der Waals surface area contributed by atoms with Crippen LogP contribution in [0.1, 0.15) is 5.56 Å². The molecule has 1 rings (SSSR count). The summed E-state index contributed by atoms with van der Waals surface area (Å²) in [7, 11) is 0. The highest BCUT2D eigenvalue weighted by Gasteiger charge is 2.34. The van der Waals surface area contributed by atoms with Gasteiger partial charge in [-0.15, -0.1) is 0 Å². The zero-order chi connectivity index (χ0) is 12.3. The van der Waals surface area contributed by atoms with E-state index in [2.05, 4.69) is 0 Å². The molecule has 0 aliphatic carbocycles.